The van der Waals surface area contributed by atoms with Gasteiger partial charge in [-0.05, 0) is 72.9 Å². The van der Waals surface area contributed by atoms with Crippen molar-refractivity contribution in [3.63, 3.8) is 0 Å². The van der Waals surface area contributed by atoms with E-state index in [0.29, 0.717) is 17.7 Å². The fourth-order valence-corrected chi connectivity index (χ4v) is 3.46. The number of hydrogen-bond donors (Lipinski definition) is 1. The van der Waals surface area contributed by atoms with Crippen LogP contribution in [0.1, 0.15) is 27.9 Å². The van der Waals surface area contributed by atoms with Gasteiger partial charge in [0.1, 0.15) is 11.7 Å². The van der Waals surface area contributed by atoms with E-state index in [1.54, 1.807) is 30.3 Å². The maximum absolute atomic E-state index is 12.2. The molecule has 0 saturated heterocycles. The monoisotopic (exact) mass is 400 g/mol. The molecule has 0 radical (unpaired) electrons. The van der Waals surface area contributed by atoms with Gasteiger partial charge in [-0.3, -0.25) is 9.78 Å². The summed E-state index contributed by atoms with van der Waals surface area (Å²) in [6.45, 7) is 3.85. The van der Waals surface area contributed by atoms with E-state index in [-0.39, 0.29) is 11.3 Å². The molecule has 0 fully saturated rings. The van der Waals surface area contributed by atoms with Gasteiger partial charge in [-0.25, -0.2) is 9.59 Å². The SMILES string of the molecule is Cc1cc(-n2nc(C#N)c(=O)[nH]c2=O)cc(C)c1Cc1ccc2oc(=O)ccc2c1. The van der Waals surface area contributed by atoms with Crippen molar-refractivity contribution in [1.82, 2.24) is 14.8 Å². The van der Waals surface area contributed by atoms with Gasteiger partial charge in [-0.15, -0.1) is 5.10 Å². The molecule has 0 unspecified atom stereocenters. The van der Waals surface area contributed by atoms with Crippen molar-refractivity contribution in [3.05, 3.63) is 102 Å². The van der Waals surface area contributed by atoms with Crippen LogP contribution in [0.25, 0.3) is 16.7 Å². The van der Waals surface area contributed by atoms with Gasteiger partial charge >= 0.3 is 11.3 Å². The largest absolute Gasteiger partial charge is 0.423 e. The van der Waals surface area contributed by atoms with Crippen molar-refractivity contribution in [3.8, 4) is 11.8 Å². The Morgan fingerprint density at radius 1 is 1.07 bits per heavy atom. The molecular formula is C22H16N4O4. The van der Waals surface area contributed by atoms with Crippen LogP contribution in [0.3, 0.4) is 0 Å². The zero-order valence-electron chi connectivity index (χ0n) is 16.2. The number of nitrogens with one attached hydrogen (secondary N) is 1. The minimum absolute atomic E-state index is 0.378. The van der Waals surface area contributed by atoms with Crippen molar-refractivity contribution in [2.24, 2.45) is 0 Å². The summed E-state index contributed by atoms with van der Waals surface area (Å²) in [5, 5.41) is 13.7. The number of aromatic amines is 1. The van der Waals surface area contributed by atoms with Crippen LogP contribution >= 0.6 is 0 Å². The van der Waals surface area contributed by atoms with Crippen molar-refractivity contribution in [2.75, 3.05) is 0 Å². The third-order valence-electron chi connectivity index (χ3n) is 4.92. The average molecular weight is 400 g/mol. The topological polar surface area (TPSA) is 122 Å². The Bertz CT molecular complexity index is 1500. The zero-order chi connectivity index (χ0) is 21.4. The van der Waals surface area contributed by atoms with Crippen LogP contribution in [-0.4, -0.2) is 14.8 Å². The van der Waals surface area contributed by atoms with E-state index in [1.165, 1.54) is 6.07 Å². The number of hydrogen-bond acceptors (Lipinski definition) is 6. The van der Waals surface area contributed by atoms with E-state index in [9.17, 15) is 14.4 Å². The molecule has 4 aromatic rings. The van der Waals surface area contributed by atoms with Crippen LogP contribution in [0, 0.1) is 25.2 Å². The van der Waals surface area contributed by atoms with Gasteiger partial charge in [0.25, 0.3) is 5.56 Å². The van der Waals surface area contributed by atoms with E-state index in [1.807, 2.05) is 26.0 Å². The highest BCUT2D eigenvalue weighted by Crippen LogP contribution is 2.23. The van der Waals surface area contributed by atoms with Gasteiger partial charge in [0.15, 0.2) is 0 Å². The summed E-state index contributed by atoms with van der Waals surface area (Å²) in [6, 6.07) is 14.0. The highest BCUT2D eigenvalue weighted by Gasteiger charge is 2.12. The van der Waals surface area contributed by atoms with Crippen LogP contribution in [0.15, 0.2) is 61.3 Å². The third kappa shape index (κ3) is 3.44. The molecule has 0 spiro atoms. The number of aromatic nitrogens is 3. The molecule has 0 aliphatic rings. The normalized spacial score (nSPS) is 10.8. The smallest absolute Gasteiger partial charge is 0.349 e. The van der Waals surface area contributed by atoms with E-state index >= 15 is 0 Å². The lowest BCUT2D eigenvalue weighted by atomic mass is 9.95. The lowest BCUT2D eigenvalue weighted by Gasteiger charge is -2.14. The van der Waals surface area contributed by atoms with Crippen molar-refractivity contribution in [2.45, 2.75) is 20.3 Å². The number of nitrogens with zero attached hydrogens (tertiary/aromatic N) is 3. The van der Waals surface area contributed by atoms with Crippen LogP contribution < -0.4 is 16.9 Å². The molecule has 4 rings (SSSR count). The second-order valence-corrected chi connectivity index (χ2v) is 6.99. The zero-order valence-corrected chi connectivity index (χ0v) is 16.2. The van der Waals surface area contributed by atoms with Crippen molar-refractivity contribution in [1.29, 1.82) is 5.26 Å². The first-order valence-electron chi connectivity index (χ1n) is 9.13. The van der Waals surface area contributed by atoms with Gasteiger partial charge in [-0.1, -0.05) is 6.07 Å². The number of H-pyrrole nitrogens is 1. The molecule has 0 bridgehead atoms. The summed E-state index contributed by atoms with van der Waals surface area (Å²) in [5.74, 6) is 0. The Kier molecular flexibility index (Phi) is 4.64. The predicted molar refractivity (Wildman–Crippen MR) is 110 cm³/mol. The molecule has 2 aromatic carbocycles. The standard InChI is InChI=1S/C22H16N4O4/c1-12-7-16(26-22(29)24-21(28)18(11-23)25-26)8-13(2)17(12)10-14-3-5-19-15(9-14)4-6-20(27)30-19/h3-9H,10H2,1-2H3,(H,24,28,29). The molecule has 8 heteroatoms. The molecule has 2 aromatic heterocycles. The van der Waals surface area contributed by atoms with Crippen LogP contribution in [0.5, 0.6) is 0 Å². The van der Waals surface area contributed by atoms with Crippen molar-refractivity contribution < 1.29 is 4.42 Å². The first-order chi connectivity index (χ1) is 14.4. The number of fused-ring (bicyclic) bond motifs is 1. The predicted octanol–water partition coefficient (Wildman–Crippen LogP) is 2.11. The fraction of sp³-hybridized carbons (Fsp3) is 0.136. The highest BCUT2D eigenvalue weighted by molar-refractivity contribution is 5.77. The Balaban J connectivity index is 1.75. The second-order valence-electron chi connectivity index (χ2n) is 6.99. The minimum Gasteiger partial charge on any atom is -0.423 e. The lowest BCUT2D eigenvalue weighted by molar-refractivity contribution is 0.561. The molecule has 0 aliphatic heterocycles. The molecule has 8 nitrogen and oxygen atoms in total. The summed E-state index contributed by atoms with van der Waals surface area (Å²) in [4.78, 5) is 37.2. The Labute approximate surface area is 169 Å². The fourth-order valence-electron chi connectivity index (χ4n) is 3.46. The van der Waals surface area contributed by atoms with Gasteiger partial charge in [0, 0.05) is 11.5 Å². The average Bonchev–Trinajstić information content (AvgIpc) is 2.70. The Morgan fingerprint density at radius 3 is 2.50 bits per heavy atom. The first kappa shape index (κ1) is 19.1. The Morgan fingerprint density at radius 2 is 1.80 bits per heavy atom. The number of nitriles is 1. The lowest BCUT2D eigenvalue weighted by Crippen LogP contribution is -2.33. The van der Waals surface area contributed by atoms with Gasteiger partial charge in [0.2, 0.25) is 5.69 Å². The summed E-state index contributed by atoms with van der Waals surface area (Å²) in [7, 11) is 0. The quantitative estimate of drug-likeness (QED) is 0.526. The number of rotatable bonds is 3. The summed E-state index contributed by atoms with van der Waals surface area (Å²) in [5.41, 5.74) is 2.71. The highest BCUT2D eigenvalue weighted by atomic mass is 16.4. The molecule has 0 amide bonds. The summed E-state index contributed by atoms with van der Waals surface area (Å²) < 4.78 is 6.19. The van der Waals surface area contributed by atoms with E-state index in [4.69, 9.17) is 9.68 Å². The van der Waals surface area contributed by atoms with Crippen LogP contribution in [0.2, 0.25) is 0 Å². The van der Waals surface area contributed by atoms with E-state index in [2.05, 4.69) is 10.1 Å². The van der Waals surface area contributed by atoms with Gasteiger partial charge in [0.05, 0.1) is 5.69 Å². The molecule has 0 aliphatic carbocycles. The molecule has 2 heterocycles. The molecule has 30 heavy (non-hydrogen) atoms. The van der Waals surface area contributed by atoms with Crippen molar-refractivity contribution >= 4 is 11.0 Å². The maximum atomic E-state index is 12.2. The van der Waals surface area contributed by atoms with Crippen LogP contribution in [0.4, 0.5) is 0 Å². The first-order valence-corrected chi connectivity index (χ1v) is 9.13. The number of aryl methyl sites for hydroxylation is 2. The molecule has 0 atom stereocenters. The summed E-state index contributed by atoms with van der Waals surface area (Å²) >= 11 is 0. The number of benzene rings is 2. The molecule has 1 N–H and O–H groups in total. The van der Waals surface area contributed by atoms with E-state index < -0.39 is 11.2 Å². The van der Waals surface area contributed by atoms with Gasteiger partial charge < -0.3 is 4.42 Å². The molecule has 148 valence electrons. The second kappa shape index (κ2) is 7.29. The Hall–Kier alpha value is -4.25. The molecule has 0 saturated carbocycles. The van der Waals surface area contributed by atoms with E-state index in [0.717, 1.165) is 32.3 Å². The third-order valence-corrected chi connectivity index (χ3v) is 4.92. The molecular weight excluding hydrogens is 384 g/mol. The minimum atomic E-state index is -0.809. The maximum Gasteiger partial charge on any atom is 0.349 e. The van der Waals surface area contributed by atoms with Gasteiger partial charge in [-0.2, -0.15) is 9.94 Å². The van der Waals surface area contributed by atoms with Crippen LogP contribution in [-0.2, 0) is 6.42 Å². The summed E-state index contributed by atoms with van der Waals surface area (Å²) in [6.07, 6.45) is 0.643.